The number of nitrogens with zero attached hydrogens (tertiary/aromatic N) is 1. The normalized spacial score (nSPS) is 10.7. The van der Waals surface area contributed by atoms with Gasteiger partial charge >= 0.3 is 0 Å². The van der Waals surface area contributed by atoms with Crippen LogP contribution in [0.2, 0.25) is 0 Å². The number of aliphatic hydroxyl groups excluding tert-OH is 1. The van der Waals surface area contributed by atoms with Crippen LogP contribution >= 0.6 is 0 Å². The van der Waals surface area contributed by atoms with Crippen LogP contribution in [-0.4, -0.2) is 29.1 Å². The minimum Gasteiger partial charge on any atom is -0.384 e. The predicted molar refractivity (Wildman–Crippen MR) is 83.7 cm³/mol. The van der Waals surface area contributed by atoms with E-state index in [4.69, 9.17) is 5.11 Å². The number of pyridine rings is 1. The molecule has 0 saturated heterocycles. The molecule has 0 aliphatic carbocycles. The fourth-order valence-electron chi connectivity index (χ4n) is 2.37. The third-order valence-electron chi connectivity index (χ3n) is 3.58. The Bertz CT molecular complexity index is 519. The van der Waals surface area contributed by atoms with E-state index in [1.807, 2.05) is 0 Å². The second kappa shape index (κ2) is 8.43. The van der Waals surface area contributed by atoms with Crippen molar-refractivity contribution >= 4 is 5.91 Å². The third-order valence-corrected chi connectivity index (χ3v) is 3.58. The topological polar surface area (TPSA) is 62.2 Å². The van der Waals surface area contributed by atoms with Crippen LogP contribution in [0.4, 0.5) is 0 Å². The number of rotatable bonds is 5. The summed E-state index contributed by atoms with van der Waals surface area (Å²) in [7, 11) is 0. The van der Waals surface area contributed by atoms with Crippen LogP contribution < -0.4 is 5.32 Å². The molecule has 1 heterocycles. The van der Waals surface area contributed by atoms with Gasteiger partial charge in [-0.2, -0.15) is 0 Å². The Kier molecular flexibility index (Phi) is 6.90. The van der Waals surface area contributed by atoms with E-state index in [0.29, 0.717) is 35.4 Å². The van der Waals surface area contributed by atoms with Gasteiger partial charge in [-0.1, -0.05) is 39.5 Å². The number of hydrogen-bond acceptors (Lipinski definition) is 3. The van der Waals surface area contributed by atoms with Crippen molar-refractivity contribution in [2.45, 2.75) is 27.7 Å². The maximum absolute atomic E-state index is 12.3. The van der Waals surface area contributed by atoms with Crippen molar-refractivity contribution in [3.05, 3.63) is 29.6 Å². The number of hydrogen-bond donors (Lipinski definition) is 2. The lowest BCUT2D eigenvalue weighted by Gasteiger charge is -2.25. The molecule has 4 heteroatoms. The Morgan fingerprint density at radius 3 is 2.57 bits per heavy atom. The van der Waals surface area contributed by atoms with Crippen LogP contribution in [0.5, 0.6) is 0 Å². The van der Waals surface area contributed by atoms with Gasteiger partial charge in [0.05, 0.1) is 11.1 Å². The first-order chi connectivity index (χ1) is 9.97. The molecule has 2 N–H and O–H groups in total. The zero-order chi connectivity index (χ0) is 15.8. The van der Waals surface area contributed by atoms with E-state index in [9.17, 15) is 4.79 Å². The molecular formula is C17H24N2O2. The molecule has 0 bridgehead atoms. The van der Waals surface area contributed by atoms with Crippen molar-refractivity contribution in [2.75, 3.05) is 13.2 Å². The molecule has 0 radical (unpaired) electrons. The highest BCUT2D eigenvalue weighted by Crippen LogP contribution is 2.19. The zero-order valence-electron chi connectivity index (χ0n) is 13.2. The molecule has 21 heavy (non-hydrogen) atoms. The molecule has 0 spiro atoms. The Morgan fingerprint density at radius 2 is 2.00 bits per heavy atom. The van der Waals surface area contributed by atoms with Gasteiger partial charge in [0.2, 0.25) is 0 Å². The number of amides is 1. The van der Waals surface area contributed by atoms with Crippen LogP contribution in [0, 0.1) is 29.6 Å². The summed E-state index contributed by atoms with van der Waals surface area (Å²) in [5.41, 5.74) is 1.03. The number of nitrogens with one attached hydrogen (secondary N) is 1. The Morgan fingerprint density at radius 1 is 1.33 bits per heavy atom. The second-order valence-corrected chi connectivity index (χ2v) is 5.74. The van der Waals surface area contributed by atoms with Crippen LogP contribution in [0.15, 0.2) is 18.5 Å². The monoisotopic (exact) mass is 288 g/mol. The van der Waals surface area contributed by atoms with Gasteiger partial charge in [-0.05, 0) is 23.8 Å². The van der Waals surface area contributed by atoms with Crippen LogP contribution in [0.1, 0.15) is 43.6 Å². The van der Waals surface area contributed by atoms with E-state index in [-0.39, 0.29) is 12.5 Å². The minimum atomic E-state index is -0.237. The van der Waals surface area contributed by atoms with Crippen LogP contribution in [0.25, 0.3) is 0 Å². The van der Waals surface area contributed by atoms with E-state index in [1.54, 1.807) is 18.5 Å². The fourth-order valence-corrected chi connectivity index (χ4v) is 2.37. The molecule has 0 atom stereocenters. The standard InChI is InChI=1S/C17H24N2O2/c1-12(2)16(13(3)4)11-19-17(21)15-7-8-18-10-14(15)6-5-9-20/h7-8,10,12-13,16,20H,9,11H2,1-4H3,(H,19,21). The molecule has 1 aromatic heterocycles. The molecule has 1 amide bonds. The predicted octanol–water partition coefficient (Wildman–Crippen LogP) is 2.08. The number of aliphatic hydroxyl groups is 1. The number of carbonyl (C=O) groups is 1. The SMILES string of the molecule is CC(C)C(CNC(=O)c1ccncc1C#CCO)C(C)C. The summed E-state index contributed by atoms with van der Waals surface area (Å²) in [5.74, 6) is 6.61. The Labute approximate surface area is 127 Å². The molecule has 4 nitrogen and oxygen atoms in total. The van der Waals surface area contributed by atoms with Crippen LogP contribution in [0.3, 0.4) is 0 Å². The van der Waals surface area contributed by atoms with Gasteiger partial charge in [-0.25, -0.2) is 0 Å². The van der Waals surface area contributed by atoms with E-state index >= 15 is 0 Å². The first-order valence-electron chi connectivity index (χ1n) is 7.29. The summed E-state index contributed by atoms with van der Waals surface area (Å²) in [6, 6.07) is 1.65. The lowest BCUT2D eigenvalue weighted by molar-refractivity contribution is 0.0937. The van der Waals surface area contributed by atoms with Crippen molar-refractivity contribution in [1.82, 2.24) is 10.3 Å². The lowest BCUT2D eigenvalue weighted by atomic mass is 9.85. The van der Waals surface area contributed by atoms with Gasteiger partial charge < -0.3 is 10.4 Å². The summed E-state index contributed by atoms with van der Waals surface area (Å²) in [4.78, 5) is 16.3. The summed E-state index contributed by atoms with van der Waals surface area (Å²) in [5, 5.41) is 11.7. The highest BCUT2D eigenvalue weighted by Gasteiger charge is 2.19. The highest BCUT2D eigenvalue weighted by molar-refractivity contribution is 5.96. The summed E-state index contributed by atoms with van der Waals surface area (Å²) in [6.07, 6.45) is 3.11. The fraction of sp³-hybridized carbons (Fsp3) is 0.529. The van der Waals surface area contributed by atoms with E-state index < -0.39 is 0 Å². The minimum absolute atomic E-state index is 0.147. The van der Waals surface area contributed by atoms with Crippen molar-refractivity contribution < 1.29 is 9.90 Å². The number of aromatic nitrogens is 1. The van der Waals surface area contributed by atoms with Gasteiger partial charge in [0.1, 0.15) is 6.61 Å². The van der Waals surface area contributed by atoms with Crippen molar-refractivity contribution in [3.63, 3.8) is 0 Å². The zero-order valence-corrected chi connectivity index (χ0v) is 13.2. The molecule has 114 valence electrons. The number of carbonyl (C=O) groups excluding carboxylic acids is 1. The van der Waals surface area contributed by atoms with Gasteiger partial charge in [0, 0.05) is 18.9 Å². The lowest BCUT2D eigenvalue weighted by Crippen LogP contribution is -2.34. The van der Waals surface area contributed by atoms with Gasteiger partial charge in [-0.3, -0.25) is 9.78 Å². The molecule has 1 aromatic rings. The molecule has 0 unspecified atom stereocenters. The average Bonchev–Trinajstić information content (AvgIpc) is 2.44. The summed E-state index contributed by atoms with van der Waals surface area (Å²) >= 11 is 0. The van der Waals surface area contributed by atoms with Crippen LogP contribution in [-0.2, 0) is 0 Å². The molecule has 0 aliphatic rings. The maximum Gasteiger partial charge on any atom is 0.252 e. The second-order valence-electron chi connectivity index (χ2n) is 5.74. The first kappa shape index (κ1) is 17.2. The first-order valence-corrected chi connectivity index (χ1v) is 7.29. The van der Waals surface area contributed by atoms with Gasteiger partial charge in [0.15, 0.2) is 0 Å². The van der Waals surface area contributed by atoms with E-state index in [0.717, 1.165) is 0 Å². The molecule has 0 aliphatic heterocycles. The maximum atomic E-state index is 12.3. The molecule has 0 aromatic carbocycles. The average molecular weight is 288 g/mol. The Balaban J connectivity index is 2.81. The van der Waals surface area contributed by atoms with Crippen molar-refractivity contribution in [1.29, 1.82) is 0 Å². The molecule has 0 fully saturated rings. The highest BCUT2D eigenvalue weighted by atomic mass is 16.2. The van der Waals surface area contributed by atoms with E-state index in [1.165, 1.54) is 0 Å². The quantitative estimate of drug-likeness (QED) is 0.816. The van der Waals surface area contributed by atoms with Crippen molar-refractivity contribution in [2.24, 2.45) is 17.8 Å². The molecular weight excluding hydrogens is 264 g/mol. The van der Waals surface area contributed by atoms with Gasteiger partial charge in [0.25, 0.3) is 5.91 Å². The molecule has 1 rings (SSSR count). The smallest absolute Gasteiger partial charge is 0.252 e. The largest absolute Gasteiger partial charge is 0.384 e. The molecule has 0 saturated carbocycles. The third kappa shape index (κ3) is 5.20. The van der Waals surface area contributed by atoms with Crippen molar-refractivity contribution in [3.8, 4) is 11.8 Å². The summed E-state index contributed by atoms with van der Waals surface area (Å²) in [6.45, 7) is 9.08. The summed E-state index contributed by atoms with van der Waals surface area (Å²) < 4.78 is 0. The van der Waals surface area contributed by atoms with Gasteiger partial charge in [-0.15, -0.1) is 0 Å². The Hall–Kier alpha value is -1.86. The van der Waals surface area contributed by atoms with E-state index in [2.05, 4.69) is 49.8 Å².